The van der Waals surface area contributed by atoms with Gasteiger partial charge in [0.2, 0.25) is 0 Å². The molecule has 4 nitrogen and oxygen atoms in total. The third-order valence-electron chi connectivity index (χ3n) is 8.97. The molecule has 0 amide bonds. The molecule has 0 spiro atoms. The number of hydrogen-bond acceptors (Lipinski definition) is 4. The number of carboxylic acids is 2. The SMILES string of the molecule is CCCCCCCCCCCCCCCCCCCC(=O)[O-].CCCCCCCCCCCCCCCCCCCC(=O)[O-].[Ni+2]. The summed E-state index contributed by atoms with van der Waals surface area (Å²) in [6.45, 7) is 4.55. The number of rotatable bonds is 36. The standard InChI is InChI=1S/2C20H40O2.Ni/c2*1-2-3-4-5-6-7-8-9-10-11-12-13-14-15-16-17-18-19-20(21)22;/h2*2-19H2,1H3,(H,21,22);/q;;+2/p-2. The Morgan fingerprint density at radius 1 is 0.289 bits per heavy atom. The molecule has 0 aliphatic heterocycles. The van der Waals surface area contributed by atoms with E-state index < -0.39 is 11.9 Å². The molecule has 0 saturated carbocycles. The monoisotopic (exact) mass is 681 g/mol. The first-order valence-corrected chi connectivity index (χ1v) is 19.9. The maximum atomic E-state index is 10.2. The molecule has 0 radical (unpaired) electrons. The Bertz CT molecular complexity index is 506. The van der Waals surface area contributed by atoms with Crippen LogP contribution in [0.4, 0.5) is 0 Å². The molecule has 0 unspecified atom stereocenters. The van der Waals surface area contributed by atoms with Gasteiger partial charge in [-0.15, -0.1) is 0 Å². The fourth-order valence-corrected chi connectivity index (χ4v) is 5.99. The van der Waals surface area contributed by atoms with E-state index in [1.54, 1.807) is 0 Å². The zero-order valence-electron chi connectivity index (χ0n) is 30.4. The molecule has 0 heterocycles. The summed E-state index contributed by atoms with van der Waals surface area (Å²) < 4.78 is 0. The smallest absolute Gasteiger partial charge is 0.550 e. The van der Waals surface area contributed by atoms with E-state index in [1.807, 2.05) is 0 Å². The van der Waals surface area contributed by atoms with Crippen LogP contribution in [0.2, 0.25) is 0 Å². The fourth-order valence-electron chi connectivity index (χ4n) is 5.99. The molecule has 0 bridgehead atoms. The Hall–Kier alpha value is -0.566. The van der Waals surface area contributed by atoms with Crippen LogP contribution in [0.5, 0.6) is 0 Å². The van der Waals surface area contributed by atoms with Gasteiger partial charge in [0.15, 0.2) is 0 Å². The summed E-state index contributed by atoms with van der Waals surface area (Å²) in [6.07, 6.45) is 45.6. The van der Waals surface area contributed by atoms with Crippen molar-refractivity contribution >= 4 is 11.9 Å². The van der Waals surface area contributed by atoms with Crippen LogP contribution in [0, 0.1) is 0 Å². The van der Waals surface area contributed by atoms with Crippen LogP contribution in [0.3, 0.4) is 0 Å². The normalized spacial score (nSPS) is 10.7. The van der Waals surface area contributed by atoms with Gasteiger partial charge in [-0.3, -0.25) is 0 Å². The third kappa shape index (κ3) is 53.2. The number of carbonyl (C=O) groups excluding carboxylic acids is 2. The van der Waals surface area contributed by atoms with Crippen LogP contribution in [-0.4, -0.2) is 11.9 Å². The molecule has 5 heteroatoms. The van der Waals surface area contributed by atoms with E-state index in [4.69, 9.17) is 0 Å². The van der Waals surface area contributed by atoms with E-state index in [1.165, 1.54) is 193 Å². The number of hydrogen-bond donors (Lipinski definition) is 0. The second-order valence-electron chi connectivity index (χ2n) is 13.6. The molecular formula is C40H78NiO4. The Labute approximate surface area is 292 Å². The zero-order valence-corrected chi connectivity index (χ0v) is 31.4. The van der Waals surface area contributed by atoms with Gasteiger partial charge < -0.3 is 19.8 Å². The molecule has 0 fully saturated rings. The van der Waals surface area contributed by atoms with Gasteiger partial charge in [-0.25, -0.2) is 0 Å². The average Bonchev–Trinajstić information content (AvgIpc) is 3.00. The summed E-state index contributed by atoms with van der Waals surface area (Å²) in [5.74, 6) is -1.80. The number of carbonyl (C=O) groups is 2. The molecule has 0 rings (SSSR count). The van der Waals surface area contributed by atoms with Crippen molar-refractivity contribution in [1.82, 2.24) is 0 Å². The van der Waals surface area contributed by atoms with Gasteiger partial charge in [0.25, 0.3) is 0 Å². The van der Waals surface area contributed by atoms with E-state index in [9.17, 15) is 19.8 Å². The summed E-state index contributed by atoms with van der Waals surface area (Å²) in [5, 5.41) is 20.5. The summed E-state index contributed by atoms with van der Waals surface area (Å²) in [4.78, 5) is 20.5. The van der Waals surface area contributed by atoms with E-state index in [0.29, 0.717) is 0 Å². The van der Waals surface area contributed by atoms with Gasteiger partial charge in [0.05, 0.1) is 0 Å². The molecule has 0 aliphatic rings. The Kier molecular flexibility index (Phi) is 49.4. The van der Waals surface area contributed by atoms with E-state index in [-0.39, 0.29) is 29.3 Å². The summed E-state index contributed by atoms with van der Waals surface area (Å²) >= 11 is 0. The van der Waals surface area contributed by atoms with E-state index in [0.717, 1.165) is 25.7 Å². The van der Waals surface area contributed by atoms with Crippen LogP contribution in [0.15, 0.2) is 0 Å². The molecule has 0 saturated heterocycles. The van der Waals surface area contributed by atoms with Crippen molar-refractivity contribution < 1.29 is 36.3 Å². The van der Waals surface area contributed by atoms with Crippen LogP contribution in [-0.2, 0) is 26.1 Å². The zero-order chi connectivity index (χ0) is 32.6. The molecule has 0 atom stereocenters. The van der Waals surface area contributed by atoms with Crippen molar-refractivity contribution in [3.8, 4) is 0 Å². The van der Waals surface area contributed by atoms with Crippen molar-refractivity contribution in [2.24, 2.45) is 0 Å². The van der Waals surface area contributed by atoms with Crippen molar-refractivity contribution in [2.75, 3.05) is 0 Å². The second-order valence-corrected chi connectivity index (χ2v) is 13.6. The minimum atomic E-state index is -0.902. The molecule has 0 N–H and O–H groups in total. The maximum Gasteiger partial charge on any atom is 2.00 e. The van der Waals surface area contributed by atoms with Crippen molar-refractivity contribution in [3.63, 3.8) is 0 Å². The number of unbranched alkanes of at least 4 members (excludes halogenated alkanes) is 32. The van der Waals surface area contributed by atoms with Crippen molar-refractivity contribution in [2.45, 2.75) is 245 Å². The van der Waals surface area contributed by atoms with Gasteiger partial charge >= 0.3 is 16.5 Å². The first kappa shape index (κ1) is 48.8. The maximum absolute atomic E-state index is 10.2. The average molecular weight is 682 g/mol. The summed E-state index contributed by atoms with van der Waals surface area (Å²) in [7, 11) is 0. The van der Waals surface area contributed by atoms with Gasteiger partial charge in [-0.1, -0.05) is 219 Å². The molecule has 0 aliphatic carbocycles. The first-order chi connectivity index (χ1) is 21.5. The number of carboxylic acid groups (broad SMARTS) is 2. The fraction of sp³-hybridized carbons (Fsp3) is 0.950. The molecule has 0 aromatic rings. The predicted octanol–water partition coefficient (Wildman–Crippen LogP) is 11.6. The van der Waals surface area contributed by atoms with Crippen molar-refractivity contribution in [3.05, 3.63) is 0 Å². The predicted molar refractivity (Wildman–Crippen MR) is 188 cm³/mol. The quantitative estimate of drug-likeness (QED) is 0.0487. The minimum absolute atomic E-state index is 0. The van der Waals surface area contributed by atoms with E-state index >= 15 is 0 Å². The molecule has 0 aromatic heterocycles. The van der Waals surface area contributed by atoms with Crippen LogP contribution < -0.4 is 10.2 Å². The van der Waals surface area contributed by atoms with Gasteiger partial charge in [0, 0.05) is 11.9 Å². The van der Waals surface area contributed by atoms with Gasteiger partial charge in [-0.05, 0) is 25.7 Å². The molecule has 45 heavy (non-hydrogen) atoms. The van der Waals surface area contributed by atoms with Gasteiger partial charge in [0.1, 0.15) is 0 Å². The Morgan fingerprint density at radius 2 is 0.422 bits per heavy atom. The van der Waals surface area contributed by atoms with Crippen molar-refractivity contribution in [1.29, 1.82) is 0 Å². The third-order valence-corrected chi connectivity index (χ3v) is 8.97. The van der Waals surface area contributed by atoms with Crippen LogP contribution in [0.25, 0.3) is 0 Å². The topological polar surface area (TPSA) is 80.3 Å². The van der Waals surface area contributed by atoms with Crippen LogP contribution >= 0.6 is 0 Å². The Morgan fingerprint density at radius 3 is 0.556 bits per heavy atom. The van der Waals surface area contributed by atoms with Crippen LogP contribution in [0.1, 0.15) is 245 Å². The molecule has 0 aromatic carbocycles. The second kappa shape index (κ2) is 45.6. The van der Waals surface area contributed by atoms with Gasteiger partial charge in [-0.2, -0.15) is 0 Å². The molecular weight excluding hydrogens is 603 g/mol. The summed E-state index contributed by atoms with van der Waals surface area (Å²) in [6, 6.07) is 0. The first-order valence-electron chi connectivity index (χ1n) is 19.9. The summed E-state index contributed by atoms with van der Waals surface area (Å²) in [5.41, 5.74) is 0. The number of aliphatic carboxylic acids is 2. The Balaban J connectivity index is -0.000000767. The minimum Gasteiger partial charge on any atom is -0.550 e. The molecule has 272 valence electrons. The van der Waals surface area contributed by atoms with E-state index in [2.05, 4.69) is 13.8 Å². The largest absolute Gasteiger partial charge is 2.00 e.